The third-order valence-electron chi connectivity index (χ3n) is 3.10. The second-order valence-corrected chi connectivity index (χ2v) is 5.15. The maximum Gasteiger partial charge on any atom is 0.258 e. The lowest BCUT2D eigenvalue weighted by atomic mass is 9.95. The molecule has 1 atom stereocenters. The van der Waals surface area contributed by atoms with E-state index in [1.165, 1.54) is 5.57 Å². The molecule has 0 saturated carbocycles. The monoisotopic (exact) mass is 245 g/mol. The summed E-state index contributed by atoms with van der Waals surface area (Å²) in [5.41, 5.74) is 1.50. The molecule has 1 aromatic rings. The van der Waals surface area contributed by atoms with E-state index in [2.05, 4.69) is 24.9 Å². The zero-order valence-electron chi connectivity index (χ0n) is 11.1. The number of aromatic nitrogens is 1. The predicted octanol–water partition coefficient (Wildman–Crippen LogP) is 3.29. The number of ether oxygens (including phenoxy) is 1. The topological polar surface area (TPSA) is 42.1 Å². The Kier molecular flexibility index (Phi) is 3.41. The lowest BCUT2D eigenvalue weighted by Crippen LogP contribution is -2.33. The van der Waals surface area contributed by atoms with E-state index >= 15 is 0 Å². The molecule has 0 bridgehead atoms. The Hall–Kier alpha value is -1.77. The number of H-pyrrole nitrogens is 1. The van der Waals surface area contributed by atoms with Gasteiger partial charge in [0.25, 0.3) is 5.56 Å². The summed E-state index contributed by atoms with van der Waals surface area (Å²) in [5, 5.41) is 0. The van der Waals surface area contributed by atoms with Gasteiger partial charge in [0.2, 0.25) is 0 Å². The van der Waals surface area contributed by atoms with E-state index in [-0.39, 0.29) is 11.2 Å². The van der Waals surface area contributed by atoms with E-state index in [9.17, 15) is 4.79 Å². The van der Waals surface area contributed by atoms with Crippen LogP contribution in [0.5, 0.6) is 5.75 Å². The van der Waals surface area contributed by atoms with Crippen LogP contribution in [-0.2, 0) is 0 Å². The van der Waals surface area contributed by atoms with Gasteiger partial charge in [-0.15, -0.1) is 0 Å². The summed E-state index contributed by atoms with van der Waals surface area (Å²) in [7, 11) is 0. The Morgan fingerprint density at radius 2 is 2.28 bits per heavy atom. The first-order chi connectivity index (χ1) is 8.50. The largest absolute Gasteiger partial charge is 0.483 e. The molecule has 0 spiro atoms. The van der Waals surface area contributed by atoms with Gasteiger partial charge in [0, 0.05) is 6.20 Å². The Morgan fingerprint density at radius 1 is 1.50 bits per heavy atom. The van der Waals surface area contributed by atoms with Crippen LogP contribution in [0.3, 0.4) is 0 Å². The quantitative estimate of drug-likeness (QED) is 0.830. The first-order valence-electron chi connectivity index (χ1n) is 6.23. The Bertz CT molecular complexity index is 550. The van der Waals surface area contributed by atoms with Crippen LogP contribution in [0.25, 0.3) is 6.08 Å². The molecular weight excluding hydrogens is 226 g/mol. The van der Waals surface area contributed by atoms with Crippen LogP contribution in [0.4, 0.5) is 0 Å². The van der Waals surface area contributed by atoms with E-state index in [0.29, 0.717) is 11.3 Å². The molecule has 18 heavy (non-hydrogen) atoms. The summed E-state index contributed by atoms with van der Waals surface area (Å²) >= 11 is 0. The molecule has 0 saturated heterocycles. The highest BCUT2D eigenvalue weighted by atomic mass is 16.5. The number of rotatable bonds is 3. The standard InChI is InChI=1S/C15H19NO2/c1-11(2)5-4-8-15(3)9-6-12-13(18-15)7-10-16-14(12)17/h5-7,9-10H,4,8H2,1-3H3,(H,16,17). The second-order valence-electron chi connectivity index (χ2n) is 5.15. The van der Waals surface area contributed by atoms with Gasteiger partial charge in [-0.1, -0.05) is 11.6 Å². The second kappa shape index (κ2) is 4.84. The molecule has 1 aromatic heterocycles. The zero-order chi connectivity index (χ0) is 13.2. The van der Waals surface area contributed by atoms with Crippen LogP contribution < -0.4 is 10.3 Å². The SMILES string of the molecule is CC(C)=CCCC1(C)C=Cc2c(cc[nH]c2=O)O1. The van der Waals surface area contributed by atoms with Crippen molar-refractivity contribution < 1.29 is 4.74 Å². The first-order valence-corrected chi connectivity index (χ1v) is 6.23. The molecule has 0 aromatic carbocycles. The molecule has 0 aliphatic carbocycles. The number of pyridine rings is 1. The molecule has 1 aliphatic heterocycles. The zero-order valence-corrected chi connectivity index (χ0v) is 11.1. The van der Waals surface area contributed by atoms with Crippen LogP contribution in [0.15, 0.2) is 34.8 Å². The molecule has 0 amide bonds. The van der Waals surface area contributed by atoms with Gasteiger partial charge < -0.3 is 9.72 Å². The molecular formula is C15H19NO2. The number of nitrogens with one attached hydrogen (secondary N) is 1. The molecule has 3 heteroatoms. The smallest absolute Gasteiger partial charge is 0.258 e. The van der Waals surface area contributed by atoms with Gasteiger partial charge in [-0.3, -0.25) is 4.79 Å². The van der Waals surface area contributed by atoms with E-state index in [1.54, 1.807) is 12.3 Å². The Labute approximate surface area is 107 Å². The van der Waals surface area contributed by atoms with Crippen LogP contribution in [0.2, 0.25) is 0 Å². The van der Waals surface area contributed by atoms with Crippen molar-refractivity contribution in [3.05, 3.63) is 45.9 Å². The number of hydrogen-bond acceptors (Lipinski definition) is 2. The fraction of sp³-hybridized carbons (Fsp3) is 0.400. The Morgan fingerprint density at radius 3 is 3.00 bits per heavy atom. The van der Waals surface area contributed by atoms with Gasteiger partial charge >= 0.3 is 0 Å². The highest BCUT2D eigenvalue weighted by Crippen LogP contribution is 2.31. The first kappa shape index (κ1) is 12.7. The van der Waals surface area contributed by atoms with Crippen LogP contribution in [0, 0.1) is 0 Å². The molecule has 0 radical (unpaired) electrons. The molecule has 2 heterocycles. The van der Waals surface area contributed by atoms with Crippen molar-refractivity contribution in [3.8, 4) is 5.75 Å². The number of fused-ring (bicyclic) bond motifs is 1. The fourth-order valence-electron chi connectivity index (χ4n) is 2.05. The third-order valence-corrected chi connectivity index (χ3v) is 3.10. The van der Waals surface area contributed by atoms with E-state index in [0.717, 1.165) is 12.8 Å². The minimum atomic E-state index is -0.327. The fourth-order valence-corrected chi connectivity index (χ4v) is 2.05. The number of hydrogen-bond donors (Lipinski definition) is 1. The normalized spacial score (nSPS) is 21.1. The lowest BCUT2D eigenvalue weighted by Gasteiger charge is -2.31. The molecule has 3 nitrogen and oxygen atoms in total. The van der Waals surface area contributed by atoms with Crippen molar-refractivity contribution in [3.63, 3.8) is 0 Å². The molecule has 1 N–H and O–H groups in total. The summed E-state index contributed by atoms with van der Waals surface area (Å²) in [6, 6.07) is 1.80. The summed E-state index contributed by atoms with van der Waals surface area (Å²) in [5.74, 6) is 0.668. The van der Waals surface area contributed by atoms with Gasteiger partial charge in [0.1, 0.15) is 11.4 Å². The number of allylic oxidation sites excluding steroid dienone is 2. The summed E-state index contributed by atoms with van der Waals surface area (Å²) < 4.78 is 5.95. The van der Waals surface area contributed by atoms with Crippen molar-refractivity contribution in [2.75, 3.05) is 0 Å². The van der Waals surface area contributed by atoms with Crippen LogP contribution in [0.1, 0.15) is 39.2 Å². The molecule has 1 unspecified atom stereocenters. The summed E-state index contributed by atoms with van der Waals surface area (Å²) in [6.07, 6.45) is 9.54. The van der Waals surface area contributed by atoms with Crippen molar-refractivity contribution in [1.29, 1.82) is 0 Å². The van der Waals surface area contributed by atoms with Gasteiger partial charge in [-0.2, -0.15) is 0 Å². The Balaban J connectivity index is 2.17. The highest BCUT2D eigenvalue weighted by molar-refractivity contribution is 5.59. The maximum absolute atomic E-state index is 11.6. The van der Waals surface area contributed by atoms with Crippen LogP contribution >= 0.6 is 0 Å². The van der Waals surface area contributed by atoms with Crippen molar-refractivity contribution in [2.24, 2.45) is 0 Å². The van der Waals surface area contributed by atoms with Gasteiger partial charge in [0.05, 0.1) is 5.56 Å². The molecule has 0 fully saturated rings. The molecule has 1 aliphatic rings. The van der Waals surface area contributed by atoms with Gasteiger partial charge in [-0.05, 0) is 51.8 Å². The van der Waals surface area contributed by atoms with Crippen molar-refractivity contribution >= 4 is 6.08 Å². The average Bonchev–Trinajstić information content (AvgIpc) is 2.28. The summed E-state index contributed by atoms with van der Waals surface area (Å²) in [4.78, 5) is 14.2. The lowest BCUT2D eigenvalue weighted by molar-refractivity contribution is 0.128. The highest BCUT2D eigenvalue weighted by Gasteiger charge is 2.27. The minimum Gasteiger partial charge on any atom is -0.483 e. The minimum absolute atomic E-state index is 0.102. The summed E-state index contributed by atoms with van der Waals surface area (Å²) in [6.45, 7) is 6.23. The van der Waals surface area contributed by atoms with Crippen molar-refractivity contribution in [2.45, 2.75) is 39.2 Å². The van der Waals surface area contributed by atoms with E-state index in [1.807, 2.05) is 19.1 Å². The predicted molar refractivity (Wildman–Crippen MR) is 73.8 cm³/mol. The van der Waals surface area contributed by atoms with E-state index in [4.69, 9.17) is 4.74 Å². The molecule has 96 valence electrons. The maximum atomic E-state index is 11.6. The van der Waals surface area contributed by atoms with E-state index < -0.39 is 0 Å². The van der Waals surface area contributed by atoms with Gasteiger partial charge in [-0.25, -0.2) is 0 Å². The van der Waals surface area contributed by atoms with Crippen LogP contribution in [-0.4, -0.2) is 10.6 Å². The number of aromatic amines is 1. The average molecular weight is 245 g/mol. The van der Waals surface area contributed by atoms with Crippen molar-refractivity contribution in [1.82, 2.24) is 4.98 Å². The third kappa shape index (κ3) is 2.73. The molecule has 2 rings (SSSR count). The van der Waals surface area contributed by atoms with Gasteiger partial charge in [0.15, 0.2) is 0 Å².